The monoisotopic (exact) mass is 535 g/mol. The molecule has 0 atom stereocenters. The van der Waals surface area contributed by atoms with Gasteiger partial charge in [0.15, 0.2) is 0 Å². The SMILES string of the molecule is CC(=CC(=O)c1ncn2c1COc1c(CCN3CCC(c4cccc5nc(C)ccc45)CC3)cccc1-2)N(C)C. The van der Waals surface area contributed by atoms with E-state index in [-0.39, 0.29) is 5.78 Å². The highest BCUT2D eigenvalue weighted by Gasteiger charge is 2.27. The molecule has 2 aromatic carbocycles. The number of para-hydroxylation sites is 1. The van der Waals surface area contributed by atoms with Gasteiger partial charge in [-0.3, -0.25) is 14.3 Å². The van der Waals surface area contributed by atoms with E-state index in [1.54, 1.807) is 12.4 Å². The predicted octanol–water partition coefficient (Wildman–Crippen LogP) is 5.69. The summed E-state index contributed by atoms with van der Waals surface area (Å²) in [5.74, 6) is 1.38. The van der Waals surface area contributed by atoms with Crippen LogP contribution in [0.4, 0.5) is 0 Å². The number of pyridine rings is 1. The van der Waals surface area contributed by atoms with Crippen molar-refractivity contribution in [2.75, 3.05) is 33.7 Å². The molecular formula is C33H37N5O2. The lowest BCUT2D eigenvalue weighted by atomic mass is 9.87. The van der Waals surface area contributed by atoms with Gasteiger partial charge in [-0.05, 0) is 81.4 Å². The third-order valence-electron chi connectivity index (χ3n) is 8.46. The van der Waals surface area contributed by atoms with Crippen molar-refractivity contribution in [1.82, 2.24) is 24.3 Å². The predicted molar refractivity (Wildman–Crippen MR) is 158 cm³/mol. The van der Waals surface area contributed by atoms with Gasteiger partial charge < -0.3 is 14.5 Å². The highest BCUT2D eigenvalue weighted by atomic mass is 16.5. The summed E-state index contributed by atoms with van der Waals surface area (Å²) in [4.78, 5) is 26.6. The smallest absolute Gasteiger partial charge is 0.207 e. The number of likely N-dealkylation sites (tertiary alicyclic amines) is 1. The third kappa shape index (κ3) is 5.02. The molecule has 1 fully saturated rings. The molecule has 2 aliphatic heterocycles. The maximum Gasteiger partial charge on any atom is 0.207 e. The fourth-order valence-corrected chi connectivity index (χ4v) is 5.96. The first kappa shape index (κ1) is 26.3. The number of ketones is 1. The van der Waals surface area contributed by atoms with Crippen LogP contribution in [0.2, 0.25) is 0 Å². The van der Waals surface area contributed by atoms with Gasteiger partial charge in [0.25, 0.3) is 0 Å². The highest BCUT2D eigenvalue weighted by Crippen LogP contribution is 2.36. The van der Waals surface area contributed by atoms with E-state index in [1.165, 1.54) is 16.5 Å². The van der Waals surface area contributed by atoms with Crippen molar-refractivity contribution < 1.29 is 9.53 Å². The highest BCUT2D eigenvalue weighted by molar-refractivity contribution is 6.04. The standard InChI is InChI=1S/C33H37N5O2/c1-22-11-12-27-26(8-6-9-28(27)35-22)24-13-16-37(17-14-24)18-15-25-7-5-10-29-33(25)40-20-30-32(34-21-38(29)30)31(39)19-23(2)36(3)4/h5-12,19,21,24H,13-18,20H2,1-4H3. The van der Waals surface area contributed by atoms with Crippen molar-refractivity contribution in [3.63, 3.8) is 0 Å². The van der Waals surface area contributed by atoms with E-state index in [1.807, 2.05) is 36.6 Å². The number of hydrogen-bond donors (Lipinski definition) is 0. The van der Waals surface area contributed by atoms with Crippen molar-refractivity contribution in [2.24, 2.45) is 0 Å². The molecule has 206 valence electrons. The summed E-state index contributed by atoms with van der Waals surface area (Å²) < 4.78 is 8.29. The summed E-state index contributed by atoms with van der Waals surface area (Å²) in [6.45, 7) is 7.49. The number of carbonyl (C=O) groups is 1. The second kappa shape index (κ2) is 10.9. The summed E-state index contributed by atoms with van der Waals surface area (Å²) in [5, 5.41) is 1.30. The summed E-state index contributed by atoms with van der Waals surface area (Å²) in [6, 6.07) is 17.2. The van der Waals surface area contributed by atoms with Crippen LogP contribution in [-0.2, 0) is 13.0 Å². The Morgan fingerprint density at radius 2 is 1.90 bits per heavy atom. The molecule has 2 aromatic heterocycles. The Balaban J connectivity index is 1.12. The van der Waals surface area contributed by atoms with Crippen LogP contribution < -0.4 is 4.74 Å². The molecule has 0 radical (unpaired) electrons. The molecule has 0 amide bonds. The number of nitrogens with zero attached hydrogens (tertiary/aromatic N) is 5. The van der Waals surface area contributed by atoms with E-state index < -0.39 is 0 Å². The first-order valence-electron chi connectivity index (χ1n) is 14.2. The maximum atomic E-state index is 12.9. The van der Waals surface area contributed by atoms with E-state index in [0.29, 0.717) is 18.2 Å². The number of aryl methyl sites for hydroxylation is 1. The first-order chi connectivity index (χ1) is 19.4. The number of piperidine rings is 1. The Labute approximate surface area is 236 Å². The normalized spacial score (nSPS) is 15.9. The van der Waals surface area contributed by atoms with Crippen LogP contribution in [0.5, 0.6) is 5.75 Å². The Morgan fingerprint density at radius 3 is 2.70 bits per heavy atom. The van der Waals surface area contributed by atoms with Gasteiger partial charge in [-0.15, -0.1) is 0 Å². The molecule has 40 heavy (non-hydrogen) atoms. The maximum absolute atomic E-state index is 12.9. The molecular weight excluding hydrogens is 498 g/mol. The van der Waals surface area contributed by atoms with Crippen LogP contribution in [0, 0.1) is 6.92 Å². The number of benzene rings is 2. The van der Waals surface area contributed by atoms with E-state index in [4.69, 9.17) is 9.72 Å². The van der Waals surface area contributed by atoms with Gasteiger partial charge >= 0.3 is 0 Å². The second-order valence-corrected chi connectivity index (χ2v) is 11.2. The molecule has 7 heteroatoms. The number of aromatic nitrogens is 3. The number of imidazole rings is 1. The van der Waals surface area contributed by atoms with Crippen LogP contribution in [0.1, 0.15) is 58.7 Å². The van der Waals surface area contributed by atoms with Gasteiger partial charge in [-0.25, -0.2) is 4.98 Å². The topological polar surface area (TPSA) is 63.5 Å². The summed E-state index contributed by atoms with van der Waals surface area (Å²) >= 11 is 0. The molecule has 0 unspecified atom stereocenters. The summed E-state index contributed by atoms with van der Waals surface area (Å²) in [5.41, 5.74) is 7.91. The van der Waals surface area contributed by atoms with Gasteiger partial charge in [0, 0.05) is 43.5 Å². The van der Waals surface area contributed by atoms with Crippen LogP contribution >= 0.6 is 0 Å². The van der Waals surface area contributed by atoms with Crippen LogP contribution in [0.3, 0.4) is 0 Å². The van der Waals surface area contributed by atoms with Gasteiger partial charge in [-0.1, -0.05) is 30.3 Å². The van der Waals surface area contributed by atoms with Crippen molar-refractivity contribution in [3.8, 4) is 11.4 Å². The summed E-state index contributed by atoms with van der Waals surface area (Å²) in [6.07, 6.45) is 6.63. The minimum atomic E-state index is -0.0959. The average Bonchev–Trinajstić information content (AvgIpc) is 3.41. The zero-order valence-electron chi connectivity index (χ0n) is 23.9. The third-order valence-corrected chi connectivity index (χ3v) is 8.46. The number of ether oxygens (including phenoxy) is 1. The molecule has 2 aliphatic rings. The lowest BCUT2D eigenvalue weighted by molar-refractivity contribution is 0.103. The van der Waals surface area contributed by atoms with E-state index in [9.17, 15) is 4.79 Å². The quantitative estimate of drug-likeness (QED) is 0.224. The Hall–Kier alpha value is -3.97. The largest absolute Gasteiger partial charge is 0.485 e. The lowest BCUT2D eigenvalue weighted by Crippen LogP contribution is -2.34. The van der Waals surface area contributed by atoms with Crippen molar-refractivity contribution in [3.05, 3.63) is 94.8 Å². The van der Waals surface area contributed by atoms with Gasteiger partial charge in [0.05, 0.1) is 16.9 Å². The number of hydrogen-bond acceptors (Lipinski definition) is 6. The number of allylic oxidation sites excluding steroid dienone is 2. The molecule has 7 nitrogen and oxygen atoms in total. The van der Waals surface area contributed by atoms with Crippen LogP contribution in [0.25, 0.3) is 16.6 Å². The summed E-state index contributed by atoms with van der Waals surface area (Å²) in [7, 11) is 3.85. The number of rotatable bonds is 7. The Bertz CT molecular complexity index is 1590. The molecule has 0 aliphatic carbocycles. The van der Waals surface area contributed by atoms with Crippen molar-refractivity contribution >= 4 is 16.7 Å². The minimum Gasteiger partial charge on any atom is -0.485 e. The average molecular weight is 536 g/mol. The zero-order chi connectivity index (χ0) is 27.8. The molecule has 0 bridgehead atoms. The van der Waals surface area contributed by atoms with Crippen molar-refractivity contribution in [1.29, 1.82) is 0 Å². The second-order valence-electron chi connectivity index (χ2n) is 11.2. The van der Waals surface area contributed by atoms with Gasteiger partial charge in [0.2, 0.25) is 5.78 Å². The molecule has 0 spiro atoms. The molecule has 4 heterocycles. The first-order valence-corrected chi connectivity index (χ1v) is 14.2. The zero-order valence-corrected chi connectivity index (χ0v) is 23.9. The minimum absolute atomic E-state index is 0.0959. The molecule has 1 saturated heterocycles. The molecule has 0 N–H and O–H groups in total. The van der Waals surface area contributed by atoms with E-state index in [0.717, 1.165) is 72.9 Å². The van der Waals surface area contributed by atoms with Gasteiger partial charge in [0.1, 0.15) is 24.4 Å². The van der Waals surface area contributed by atoms with E-state index in [2.05, 4.69) is 59.3 Å². The van der Waals surface area contributed by atoms with Crippen molar-refractivity contribution in [2.45, 2.75) is 45.6 Å². The molecule has 4 aromatic rings. The van der Waals surface area contributed by atoms with E-state index >= 15 is 0 Å². The molecule has 0 saturated carbocycles. The molecule has 6 rings (SSSR count). The fraction of sp³-hybridized carbons (Fsp3) is 0.364. The number of carbonyl (C=O) groups excluding carboxylic acids is 1. The Kier molecular flexibility index (Phi) is 7.15. The fourth-order valence-electron chi connectivity index (χ4n) is 5.96. The number of fused-ring (bicyclic) bond motifs is 4. The van der Waals surface area contributed by atoms with Gasteiger partial charge in [-0.2, -0.15) is 0 Å². The van der Waals surface area contributed by atoms with Crippen LogP contribution in [0.15, 0.2) is 66.6 Å². The lowest BCUT2D eigenvalue weighted by Gasteiger charge is -2.33. The van der Waals surface area contributed by atoms with Crippen LogP contribution in [-0.4, -0.2) is 63.8 Å². The Morgan fingerprint density at radius 1 is 1.10 bits per heavy atom.